The summed E-state index contributed by atoms with van der Waals surface area (Å²) < 4.78 is 13.0. The molecule has 0 aliphatic carbocycles. The second-order valence-corrected chi connectivity index (χ2v) is 11.2. The van der Waals surface area contributed by atoms with Crippen molar-refractivity contribution in [2.75, 3.05) is 6.61 Å². The summed E-state index contributed by atoms with van der Waals surface area (Å²) in [6.07, 6.45) is 0.530. The molecule has 2 N–H and O–H groups in total. The lowest BCUT2D eigenvalue weighted by Crippen LogP contribution is -2.57. The zero-order chi connectivity index (χ0) is 31.8. The predicted octanol–water partition coefficient (Wildman–Crippen LogP) is 2.11. The summed E-state index contributed by atoms with van der Waals surface area (Å²) in [7, 11) is 0. The van der Waals surface area contributed by atoms with E-state index in [4.69, 9.17) is 9.47 Å². The van der Waals surface area contributed by atoms with Crippen LogP contribution in [0.25, 0.3) is 0 Å². The molecular formula is C30H43N3O9. The predicted molar refractivity (Wildman–Crippen MR) is 157 cm³/mol. The first-order valence-electron chi connectivity index (χ1n) is 14.1. The highest BCUT2D eigenvalue weighted by molar-refractivity contribution is 5.95. The Labute approximate surface area is 244 Å². The van der Waals surface area contributed by atoms with Crippen LogP contribution in [0.4, 0.5) is 0 Å². The van der Waals surface area contributed by atoms with Crippen molar-refractivity contribution in [3.63, 3.8) is 0 Å². The van der Waals surface area contributed by atoms with Crippen molar-refractivity contribution in [3.05, 3.63) is 79.5 Å². The molecule has 1 aromatic carbocycles. The molecule has 2 atom stereocenters. The largest absolute Gasteiger partial charge is 0.459 e. The van der Waals surface area contributed by atoms with Gasteiger partial charge in [0, 0.05) is 0 Å². The molecule has 0 bridgehead atoms. The maximum absolute atomic E-state index is 13.2. The van der Waals surface area contributed by atoms with Gasteiger partial charge in [-0.2, -0.15) is 0 Å². The standard InChI is InChI=1S/C30H43N3O9/c1-8-15-31-26(38)32(28(40)33(27(31)39)18-23(35)29(5,6)9-2)17-22(34)19-41-24(36)20-13-12-14-21(16-20)25(37)42-30(7,10-3)11-4/h8,12-14,16,22-23,34-35H,1,9-11,15,17-19H2,2-7H3. The van der Waals surface area contributed by atoms with Gasteiger partial charge in [0.05, 0.1) is 36.9 Å². The van der Waals surface area contributed by atoms with E-state index in [-0.39, 0.29) is 24.2 Å². The molecule has 42 heavy (non-hydrogen) atoms. The van der Waals surface area contributed by atoms with Gasteiger partial charge in [-0.1, -0.05) is 46.8 Å². The highest BCUT2D eigenvalue weighted by Crippen LogP contribution is 2.25. The first-order valence-corrected chi connectivity index (χ1v) is 14.1. The number of carbonyl (C=O) groups excluding carboxylic acids is 2. The van der Waals surface area contributed by atoms with Gasteiger partial charge in [-0.15, -0.1) is 6.58 Å². The van der Waals surface area contributed by atoms with Gasteiger partial charge in [0.2, 0.25) is 0 Å². The van der Waals surface area contributed by atoms with Crippen molar-refractivity contribution in [2.45, 2.75) is 98.2 Å². The van der Waals surface area contributed by atoms with Crippen molar-refractivity contribution in [1.29, 1.82) is 0 Å². The van der Waals surface area contributed by atoms with Gasteiger partial charge in [-0.05, 0) is 49.8 Å². The first kappa shape index (κ1) is 34.4. The Kier molecular flexibility index (Phi) is 11.8. The summed E-state index contributed by atoms with van der Waals surface area (Å²) in [6, 6.07) is 5.76. The lowest BCUT2D eigenvalue weighted by Gasteiger charge is -2.29. The van der Waals surface area contributed by atoms with E-state index in [1.54, 1.807) is 13.8 Å². The third-order valence-electron chi connectivity index (χ3n) is 7.83. The molecule has 0 amide bonds. The molecule has 2 unspecified atom stereocenters. The van der Waals surface area contributed by atoms with Gasteiger partial charge in [-0.3, -0.25) is 0 Å². The van der Waals surface area contributed by atoms with E-state index >= 15 is 0 Å². The summed E-state index contributed by atoms with van der Waals surface area (Å²) >= 11 is 0. The van der Waals surface area contributed by atoms with Crippen molar-refractivity contribution >= 4 is 11.9 Å². The number of aliphatic hydroxyl groups excluding tert-OH is 2. The fourth-order valence-electron chi connectivity index (χ4n) is 3.90. The topological polar surface area (TPSA) is 159 Å². The molecule has 0 saturated heterocycles. The molecule has 0 aliphatic rings. The molecular weight excluding hydrogens is 546 g/mol. The first-order chi connectivity index (χ1) is 19.6. The molecule has 12 nitrogen and oxygen atoms in total. The fraction of sp³-hybridized carbons (Fsp3) is 0.567. The summed E-state index contributed by atoms with van der Waals surface area (Å²) in [5, 5.41) is 21.3. The van der Waals surface area contributed by atoms with Crippen LogP contribution in [0.3, 0.4) is 0 Å². The molecule has 232 valence electrons. The van der Waals surface area contributed by atoms with Crippen molar-refractivity contribution in [1.82, 2.24) is 13.7 Å². The second kappa shape index (κ2) is 14.4. The second-order valence-electron chi connectivity index (χ2n) is 11.2. The number of rotatable bonds is 15. The average molecular weight is 590 g/mol. The highest BCUT2D eigenvalue weighted by Gasteiger charge is 2.29. The minimum absolute atomic E-state index is 0.0398. The number of esters is 2. The molecule has 0 spiro atoms. The van der Waals surface area contributed by atoms with Gasteiger partial charge >= 0.3 is 29.0 Å². The van der Waals surface area contributed by atoms with Crippen LogP contribution in [0.15, 0.2) is 51.3 Å². The van der Waals surface area contributed by atoms with Gasteiger partial charge in [0.15, 0.2) is 0 Å². The number of hydrogen-bond donors (Lipinski definition) is 2. The Hall–Kier alpha value is -3.77. The third kappa shape index (κ3) is 8.16. The molecule has 0 saturated carbocycles. The molecule has 2 aromatic rings. The van der Waals surface area contributed by atoms with Crippen LogP contribution in [-0.2, 0) is 29.1 Å². The van der Waals surface area contributed by atoms with E-state index in [2.05, 4.69) is 6.58 Å². The number of allylic oxidation sites excluding steroid dienone is 1. The average Bonchev–Trinajstić information content (AvgIpc) is 2.98. The van der Waals surface area contributed by atoms with Crippen LogP contribution in [0.5, 0.6) is 0 Å². The molecule has 1 heterocycles. The van der Waals surface area contributed by atoms with Crippen molar-refractivity contribution < 1.29 is 29.3 Å². The van der Waals surface area contributed by atoms with E-state index in [1.165, 1.54) is 30.3 Å². The van der Waals surface area contributed by atoms with Crippen LogP contribution < -0.4 is 17.1 Å². The summed E-state index contributed by atoms with van der Waals surface area (Å²) in [6.45, 7) is 12.8. The van der Waals surface area contributed by atoms with Crippen LogP contribution in [0.2, 0.25) is 0 Å². The lowest BCUT2D eigenvalue weighted by atomic mass is 9.84. The Bertz CT molecular complexity index is 1450. The molecule has 12 heteroatoms. The van der Waals surface area contributed by atoms with Crippen molar-refractivity contribution in [2.24, 2.45) is 5.41 Å². The maximum Gasteiger partial charge on any atom is 0.338 e. The van der Waals surface area contributed by atoms with Crippen LogP contribution in [0, 0.1) is 5.41 Å². The van der Waals surface area contributed by atoms with Gasteiger partial charge in [0.1, 0.15) is 18.3 Å². The lowest BCUT2D eigenvalue weighted by molar-refractivity contribution is -0.0131. The molecule has 0 radical (unpaired) electrons. The summed E-state index contributed by atoms with van der Waals surface area (Å²) in [4.78, 5) is 64.4. The zero-order valence-corrected chi connectivity index (χ0v) is 25.3. The number of nitrogens with zero attached hydrogens (tertiary/aromatic N) is 3. The van der Waals surface area contributed by atoms with E-state index in [9.17, 15) is 34.2 Å². The highest BCUT2D eigenvalue weighted by atomic mass is 16.6. The number of ether oxygens (including phenoxy) is 2. The van der Waals surface area contributed by atoms with Gasteiger partial charge < -0.3 is 19.7 Å². The number of aliphatic hydroxyl groups is 2. The molecule has 0 aliphatic heterocycles. The fourth-order valence-corrected chi connectivity index (χ4v) is 3.90. The molecule has 2 rings (SSSR count). The normalized spacial score (nSPS) is 13.3. The summed E-state index contributed by atoms with van der Waals surface area (Å²) in [5.74, 6) is -1.43. The minimum Gasteiger partial charge on any atom is -0.459 e. The Balaban J connectivity index is 2.25. The van der Waals surface area contributed by atoms with E-state index in [0.29, 0.717) is 23.8 Å². The number of carbonyl (C=O) groups is 2. The Morgan fingerprint density at radius 1 is 0.881 bits per heavy atom. The smallest absolute Gasteiger partial charge is 0.338 e. The van der Waals surface area contributed by atoms with Gasteiger partial charge in [0.25, 0.3) is 0 Å². The number of benzene rings is 1. The number of hydrogen-bond acceptors (Lipinski definition) is 9. The monoisotopic (exact) mass is 589 g/mol. The minimum atomic E-state index is -1.50. The van der Waals surface area contributed by atoms with Crippen LogP contribution >= 0.6 is 0 Å². The zero-order valence-electron chi connectivity index (χ0n) is 25.3. The molecule has 0 fully saturated rings. The Morgan fingerprint density at radius 3 is 1.93 bits per heavy atom. The maximum atomic E-state index is 13.2. The summed E-state index contributed by atoms with van der Waals surface area (Å²) in [5.41, 5.74) is -3.98. The van der Waals surface area contributed by atoms with Crippen molar-refractivity contribution in [3.8, 4) is 0 Å². The van der Waals surface area contributed by atoms with Crippen LogP contribution in [-0.4, -0.2) is 60.3 Å². The Morgan fingerprint density at radius 2 is 1.40 bits per heavy atom. The SMILES string of the molecule is C=CCn1c(=O)n(CC(O)COC(=O)c2cccc(C(=O)OC(C)(CC)CC)c2)c(=O)n(CC(O)C(C)(C)CC)c1=O. The van der Waals surface area contributed by atoms with E-state index in [1.807, 2.05) is 27.7 Å². The molecule has 1 aromatic heterocycles. The van der Waals surface area contributed by atoms with E-state index in [0.717, 1.165) is 9.13 Å². The van der Waals surface area contributed by atoms with Crippen LogP contribution in [0.1, 0.15) is 81.5 Å². The van der Waals surface area contributed by atoms with Gasteiger partial charge in [-0.25, -0.2) is 37.7 Å². The van der Waals surface area contributed by atoms with E-state index < -0.39 is 65.4 Å². The number of aromatic nitrogens is 3. The third-order valence-corrected chi connectivity index (χ3v) is 7.83. The quantitative estimate of drug-likeness (QED) is 0.234.